The van der Waals surface area contributed by atoms with Crippen molar-refractivity contribution in [3.05, 3.63) is 47.3 Å². The Morgan fingerprint density at radius 2 is 1.56 bits per heavy atom. The third-order valence-electron chi connectivity index (χ3n) is 11.6. The lowest BCUT2D eigenvalue weighted by Crippen LogP contribution is -2.57. The number of cyclic esters (lactones) is 1. The van der Waals surface area contributed by atoms with Crippen LogP contribution in [-0.4, -0.2) is 54.9 Å². The Bertz CT molecular complexity index is 1230. The number of benzene rings is 1. The summed E-state index contributed by atoms with van der Waals surface area (Å²) in [4.78, 5) is 43.6. The first-order valence-electron chi connectivity index (χ1n) is 17.4. The first-order valence-corrected chi connectivity index (χ1v) is 19.6. The Kier molecular flexibility index (Phi) is 10.8. The van der Waals surface area contributed by atoms with Crippen LogP contribution in [0.3, 0.4) is 0 Å². The summed E-state index contributed by atoms with van der Waals surface area (Å²) >= 11 is 0. The number of Topliss-reactive ketones (excluding diaryl/α,β-unsaturated/α-hetero) is 1. The van der Waals surface area contributed by atoms with Gasteiger partial charge in [0.25, 0.3) is 0 Å². The summed E-state index contributed by atoms with van der Waals surface area (Å²) in [5, 5.41) is 0.768. The summed E-state index contributed by atoms with van der Waals surface area (Å²) < 4.78 is 18.6. The van der Waals surface area contributed by atoms with Crippen LogP contribution in [0.15, 0.2) is 41.7 Å². The van der Waals surface area contributed by atoms with E-state index in [0.717, 1.165) is 30.9 Å². The van der Waals surface area contributed by atoms with Crippen molar-refractivity contribution in [2.75, 3.05) is 0 Å². The molecule has 1 saturated heterocycles. The van der Waals surface area contributed by atoms with E-state index in [2.05, 4.69) is 79.7 Å². The normalized spacial score (nSPS) is 26.0. The molecule has 0 aromatic heterocycles. The smallest absolute Gasteiger partial charge is 0.414 e. The molecule has 2 fully saturated rings. The van der Waals surface area contributed by atoms with E-state index in [4.69, 9.17) is 14.2 Å². The van der Waals surface area contributed by atoms with Crippen LogP contribution >= 0.6 is 0 Å². The van der Waals surface area contributed by atoms with Crippen LogP contribution < -0.4 is 0 Å². The third-order valence-corrected chi connectivity index (χ3v) is 18.6. The Morgan fingerprint density at radius 3 is 2.09 bits per heavy atom. The van der Waals surface area contributed by atoms with Gasteiger partial charge in [0.1, 0.15) is 14.2 Å². The van der Waals surface area contributed by atoms with Gasteiger partial charge in [0, 0.05) is 31.4 Å². The quantitative estimate of drug-likeness (QED) is 0.188. The lowest BCUT2D eigenvalue weighted by atomic mass is 9.66. The van der Waals surface area contributed by atoms with E-state index in [0.29, 0.717) is 12.8 Å². The van der Waals surface area contributed by atoms with Gasteiger partial charge in [-0.15, -0.1) is 0 Å². The zero-order valence-corrected chi connectivity index (χ0v) is 30.4. The Balaban J connectivity index is 1.77. The highest BCUT2D eigenvalue weighted by Crippen LogP contribution is 2.49. The van der Waals surface area contributed by atoms with Gasteiger partial charge in [0.15, 0.2) is 11.9 Å². The van der Waals surface area contributed by atoms with Gasteiger partial charge < -0.3 is 14.2 Å². The Hall–Kier alpha value is -2.45. The third kappa shape index (κ3) is 6.43. The van der Waals surface area contributed by atoms with Crippen molar-refractivity contribution < 1.29 is 28.6 Å². The van der Waals surface area contributed by atoms with E-state index in [1.54, 1.807) is 11.1 Å². The molecule has 0 N–H and O–H groups in total. The molecule has 1 aliphatic carbocycles. The number of allylic oxidation sites excluding steroid dienone is 1. The van der Waals surface area contributed by atoms with Crippen molar-refractivity contribution >= 4 is 25.9 Å². The lowest BCUT2D eigenvalue weighted by molar-refractivity contribution is -0.183. The SMILES string of the molecule is CCC1(CC)OC(=O)[C@@H]([C@H]2CC(=O)C([Si](C(C)C)(C(C)C)C(C)C)=CN2C(=O)O[C@@H]2CCCC[C@H]2C(C)(C)c2ccccc2)O1. The molecule has 1 aromatic carbocycles. The van der Waals surface area contributed by atoms with Gasteiger partial charge in [-0.25, -0.2) is 9.59 Å². The molecule has 7 nitrogen and oxygen atoms in total. The van der Waals surface area contributed by atoms with Crippen LogP contribution in [0.1, 0.15) is 120 Å². The molecule has 1 amide bonds. The number of ketones is 1. The molecule has 250 valence electrons. The summed E-state index contributed by atoms with van der Waals surface area (Å²) in [6.07, 6.45) is 4.71. The maximum Gasteiger partial charge on any atom is 0.414 e. The highest BCUT2D eigenvalue weighted by Gasteiger charge is 2.56. The molecular formula is C37H57NO6Si. The molecule has 45 heavy (non-hydrogen) atoms. The van der Waals surface area contributed by atoms with Crippen LogP contribution in [0.2, 0.25) is 16.6 Å². The molecule has 1 aromatic rings. The molecule has 1 saturated carbocycles. The Labute approximate surface area is 272 Å². The van der Waals surface area contributed by atoms with Gasteiger partial charge in [0.05, 0.1) is 6.04 Å². The highest BCUT2D eigenvalue weighted by atomic mass is 28.3. The zero-order valence-electron chi connectivity index (χ0n) is 29.4. The van der Waals surface area contributed by atoms with Gasteiger partial charge in [-0.05, 0) is 52.1 Å². The fraction of sp³-hybridized carbons (Fsp3) is 0.703. The summed E-state index contributed by atoms with van der Waals surface area (Å²) in [6.45, 7) is 21.6. The summed E-state index contributed by atoms with van der Waals surface area (Å²) in [7, 11) is -2.44. The number of hydrogen-bond donors (Lipinski definition) is 0. The highest BCUT2D eigenvalue weighted by molar-refractivity contribution is 6.93. The predicted octanol–water partition coefficient (Wildman–Crippen LogP) is 8.86. The first-order chi connectivity index (χ1) is 21.2. The van der Waals surface area contributed by atoms with Crippen LogP contribution in [0.25, 0.3) is 0 Å². The largest absolute Gasteiger partial charge is 0.446 e. The fourth-order valence-electron chi connectivity index (χ4n) is 9.11. The van der Waals surface area contributed by atoms with E-state index in [9.17, 15) is 14.4 Å². The van der Waals surface area contributed by atoms with Crippen molar-refractivity contribution in [3.63, 3.8) is 0 Å². The number of esters is 1. The summed E-state index contributed by atoms with van der Waals surface area (Å²) in [6, 6.07) is 9.62. The molecule has 2 heterocycles. The maximum absolute atomic E-state index is 14.5. The fourth-order valence-corrected chi connectivity index (χ4v) is 15.9. The van der Waals surface area contributed by atoms with Gasteiger partial charge in [0.2, 0.25) is 5.79 Å². The maximum atomic E-state index is 14.5. The minimum Gasteiger partial charge on any atom is -0.446 e. The zero-order chi connectivity index (χ0) is 33.3. The van der Waals surface area contributed by atoms with E-state index in [1.165, 1.54) is 5.56 Å². The molecule has 0 spiro atoms. The van der Waals surface area contributed by atoms with Crippen LogP contribution in [0.5, 0.6) is 0 Å². The van der Waals surface area contributed by atoms with Crippen molar-refractivity contribution in [2.24, 2.45) is 5.92 Å². The standard InChI is InChI=1S/C37H57NO6Si/c1-11-37(12-2)43-33(34(40)44-37)29-22-30(39)32(45(24(3)4,25(5)6)26(7)8)23-38(29)35(41)42-31-21-17-16-20-28(31)36(9,10)27-18-14-13-15-19-27/h13-15,18-19,23-26,28-29,31,33H,11-12,16-17,20-22H2,1-10H3/t28-,29-,31-,33-/m1/s1. The molecule has 4 atom stereocenters. The number of hydrogen-bond acceptors (Lipinski definition) is 6. The molecule has 4 rings (SSSR count). The van der Waals surface area contributed by atoms with Crippen LogP contribution in [0.4, 0.5) is 4.79 Å². The van der Waals surface area contributed by atoms with Crippen molar-refractivity contribution in [3.8, 4) is 0 Å². The average molecular weight is 640 g/mol. The van der Waals surface area contributed by atoms with E-state index in [1.807, 2.05) is 19.9 Å². The minimum absolute atomic E-state index is 0.00865. The first kappa shape index (κ1) is 35.4. The molecule has 0 radical (unpaired) electrons. The van der Waals surface area contributed by atoms with Gasteiger partial charge in [-0.2, -0.15) is 0 Å². The topological polar surface area (TPSA) is 82.1 Å². The van der Waals surface area contributed by atoms with Gasteiger partial charge >= 0.3 is 12.1 Å². The number of nitrogens with zero attached hydrogens (tertiary/aromatic N) is 1. The van der Waals surface area contributed by atoms with Crippen molar-refractivity contribution in [1.29, 1.82) is 0 Å². The van der Waals surface area contributed by atoms with Gasteiger partial charge in [-0.1, -0.05) is 106 Å². The molecule has 0 unspecified atom stereocenters. The van der Waals surface area contributed by atoms with Crippen LogP contribution in [-0.2, 0) is 29.2 Å². The monoisotopic (exact) mass is 639 g/mol. The van der Waals surface area contributed by atoms with E-state index >= 15 is 0 Å². The number of carbonyl (C=O) groups excluding carboxylic acids is 3. The van der Waals surface area contributed by atoms with E-state index in [-0.39, 0.29) is 46.3 Å². The van der Waals surface area contributed by atoms with Gasteiger partial charge in [-0.3, -0.25) is 9.69 Å². The molecular weight excluding hydrogens is 582 g/mol. The number of amides is 1. The average Bonchev–Trinajstić information content (AvgIpc) is 3.34. The van der Waals surface area contributed by atoms with Crippen molar-refractivity contribution in [1.82, 2.24) is 4.90 Å². The van der Waals surface area contributed by atoms with E-state index < -0.39 is 38.1 Å². The second kappa shape index (κ2) is 13.7. The second-order valence-corrected chi connectivity index (χ2v) is 20.9. The minimum atomic E-state index is -2.44. The number of ether oxygens (including phenoxy) is 3. The summed E-state index contributed by atoms with van der Waals surface area (Å²) in [5.41, 5.74) is 1.84. The predicted molar refractivity (Wildman–Crippen MR) is 180 cm³/mol. The molecule has 0 bridgehead atoms. The number of carbonyl (C=O) groups is 3. The Morgan fingerprint density at radius 1 is 0.978 bits per heavy atom. The summed E-state index contributed by atoms with van der Waals surface area (Å²) in [5.74, 6) is -1.44. The lowest BCUT2D eigenvalue weighted by Gasteiger charge is -2.48. The van der Waals surface area contributed by atoms with Crippen LogP contribution in [0, 0.1) is 5.92 Å². The molecule has 8 heteroatoms. The second-order valence-electron chi connectivity index (χ2n) is 15.0. The number of rotatable bonds is 10. The molecule has 2 aliphatic heterocycles. The van der Waals surface area contributed by atoms with Crippen molar-refractivity contribution in [2.45, 2.75) is 160 Å². The molecule has 3 aliphatic rings.